The van der Waals surface area contributed by atoms with Gasteiger partial charge in [-0.2, -0.15) is 0 Å². The molecular formula is C16H25N3O3S. The minimum absolute atomic E-state index is 0.0783. The summed E-state index contributed by atoms with van der Waals surface area (Å²) in [6.45, 7) is 3.94. The third-order valence-corrected chi connectivity index (χ3v) is 5.33. The highest BCUT2D eigenvalue weighted by Crippen LogP contribution is 2.21. The lowest BCUT2D eigenvalue weighted by molar-refractivity contribution is -0.133. The molecule has 0 saturated carbocycles. The lowest BCUT2D eigenvalue weighted by atomic mass is 10.1. The van der Waals surface area contributed by atoms with Crippen molar-refractivity contribution in [2.45, 2.75) is 37.1 Å². The zero-order chi connectivity index (χ0) is 17.0. The molecule has 23 heavy (non-hydrogen) atoms. The van der Waals surface area contributed by atoms with Crippen molar-refractivity contribution in [2.75, 3.05) is 26.7 Å². The van der Waals surface area contributed by atoms with Crippen molar-refractivity contribution in [1.29, 1.82) is 0 Å². The van der Waals surface area contributed by atoms with Gasteiger partial charge in [-0.05, 0) is 50.9 Å². The Labute approximate surface area is 138 Å². The van der Waals surface area contributed by atoms with E-state index >= 15 is 0 Å². The third-order valence-electron chi connectivity index (χ3n) is 4.42. The molecule has 128 valence electrons. The average molecular weight is 339 g/mol. The van der Waals surface area contributed by atoms with Crippen molar-refractivity contribution in [3.63, 3.8) is 0 Å². The van der Waals surface area contributed by atoms with Crippen molar-refractivity contribution < 1.29 is 13.2 Å². The SMILES string of the molecule is C[C@@H](c1cccc(S(N)(=O)=O)c1)N(C)CC(=O)N1CCCCC1. The summed E-state index contributed by atoms with van der Waals surface area (Å²) in [4.78, 5) is 16.3. The number of carbonyl (C=O) groups is 1. The number of amides is 1. The molecule has 2 N–H and O–H groups in total. The summed E-state index contributed by atoms with van der Waals surface area (Å²) in [7, 11) is -1.85. The van der Waals surface area contributed by atoms with Crippen molar-refractivity contribution >= 4 is 15.9 Å². The molecule has 1 fully saturated rings. The molecule has 0 bridgehead atoms. The molecule has 2 rings (SSSR count). The molecule has 0 radical (unpaired) electrons. The molecule has 0 unspecified atom stereocenters. The molecule has 1 aromatic carbocycles. The first kappa shape index (κ1) is 17.9. The third kappa shape index (κ3) is 4.76. The molecule has 1 atom stereocenters. The van der Waals surface area contributed by atoms with Gasteiger partial charge in [0.15, 0.2) is 0 Å². The quantitative estimate of drug-likeness (QED) is 0.877. The summed E-state index contributed by atoms with van der Waals surface area (Å²) in [5.41, 5.74) is 0.825. The summed E-state index contributed by atoms with van der Waals surface area (Å²) >= 11 is 0. The Balaban J connectivity index is 2.04. The summed E-state index contributed by atoms with van der Waals surface area (Å²) in [5.74, 6) is 0.127. The van der Waals surface area contributed by atoms with Gasteiger partial charge in [0.05, 0.1) is 11.4 Å². The number of benzene rings is 1. The van der Waals surface area contributed by atoms with E-state index in [1.165, 1.54) is 12.5 Å². The van der Waals surface area contributed by atoms with Crippen molar-refractivity contribution in [3.05, 3.63) is 29.8 Å². The molecule has 1 heterocycles. The van der Waals surface area contributed by atoms with Crippen LogP contribution in [-0.2, 0) is 14.8 Å². The van der Waals surface area contributed by atoms with Gasteiger partial charge in [-0.15, -0.1) is 0 Å². The Morgan fingerprint density at radius 3 is 2.57 bits per heavy atom. The average Bonchev–Trinajstić information content (AvgIpc) is 2.54. The number of hydrogen-bond acceptors (Lipinski definition) is 4. The molecule has 1 amide bonds. The number of sulfonamides is 1. The molecule has 0 aromatic heterocycles. The second kappa shape index (κ2) is 7.42. The minimum atomic E-state index is -3.72. The van der Waals surface area contributed by atoms with Gasteiger partial charge in [0.25, 0.3) is 0 Å². The van der Waals surface area contributed by atoms with Crippen LogP contribution in [-0.4, -0.2) is 50.8 Å². The van der Waals surface area contributed by atoms with Crippen LogP contribution < -0.4 is 5.14 Å². The Hall–Kier alpha value is -1.44. The summed E-state index contributed by atoms with van der Waals surface area (Å²) in [6, 6.07) is 6.49. The van der Waals surface area contributed by atoms with Crippen LogP contribution in [0, 0.1) is 0 Å². The van der Waals surface area contributed by atoms with Gasteiger partial charge in [-0.25, -0.2) is 13.6 Å². The van der Waals surface area contributed by atoms with Crippen LogP contribution in [0.3, 0.4) is 0 Å². The van der Waals surface area contributed by atoms with Gasteiger partial charge in [-0.3, -0.25) is 9.69 Å². The van der Waals surface area contributed by atoms with Crippen LogP contribution in [0.25, 0.3) is 0 Å². The first-order valence-corrected chi connectivity index (χ1v) is 9.44. The highest BCUT2D eigenvalue weighted by atomic mass is 32.2. The van der Waals surface area contributed by atoms with E-state index in [0.29, 0.717) is 6.54 Å². The monoisotopic (exact) mass is 339 g/mol. The zero-order valence-corrected chi connectivity index (χ0v) is 14.6. The van der Waals surface area contributed by atoms with Crippen LogP contribution in [0.5, 0.6) is 0 Å². The maximum atomic E-state index is 12.3. The van der Waals surface area contributed by atoms with E-state index in [4.69, 9.17) is 5.14 Å². The van der Waals surface area contributed by atoms with Gasteiger partial charge >= 0.3 is 0 Å². The number of piperidine rings is 1. The summed E-state index contributed by atoms with van der Waals surface area (Å²) < 4.78 is 22.9. The molecule has 1 saturated heterocycles. The molecule has 0 aliphatic carbocycles. The van der Waals surface area contributed by atoms with E-state index in [9.17, 15) is 13.2 Å². The first-order chi connectivity index (χ1) is 10.8. The normalized spacial score (nSPS) is 17.3. The van der Waals surface area contributed by atoms with E-state index in [1.807, 2.05) is 29.8 Å². The number of primary sulfonamides is 1. The predicted octanol–water partition coefficient (Wildman–Crippen LogP) is 1.34. The summed E-state index contributed by atoms with van der Waals surface area (Å²) in [5, 5.41) is 5.18. The van der Waals surface area contributed by atoms with Crippen molar-refractivity contribution in [3.8, 4) is 0 Å². The summed E-state index contributed by atoms with van der Waals surface area (Å²) in [6.07, 6.45) is 3.33. The van der Waals surface area contributed by atoms with Crippen LogP contribution in [0.2, 0.25) is 0 Å². The van der Waals surface area contributed by atoms with Gasteiger partial charge in [0, 0.05) is 19.1 Å². The molecule has 0 spiro atoms. The van der Waals surface area contributed by atoms with Crippen LogP contribution >= 0.6 is 0 Å². The molecule has 7 heteroatoms. The van der Waals surface area contributed by atoms with E-state index in [0.717, 1.165) is 31.5 Å². The van der Waals surface area contributed by atoms with Crippen LogP contribution in [0.15, 0.2) is 29.2 Å². The number of nitrogens with two attached hydrogens (primary N) is 1. The molecule has 6 nitrogen and oxygen atoms in total. The van der Waals surface area contributed by atoms with Crippen LogP contribution in [0.1, 0.15) is 37.8 Å². The van der Waals surface area contributed by atoms with E-state index in [1.54, 1.807) is 12.1 Å². The molecule has 1 aliphatic heterocycles. The number of nitrogens with zero attached hydrogens (tertiary/aromatic N) is 2. The first-order valence-electron chi connectivity index (χ1n) is 7.90. The lowest BCUT2D eigenvalue weighted by Crippen LogP contribution is -2.42. The number of likely N-dealkylation sites (N-methyl/N-ethyl adjacent to an activating group) is 1. The highest BCUT2D eigenvalue weighted by molar-refractivity contribution is 7.89. The number of likely N-dealkylation sites (tertiary alicyclic amines) is 1. The number of rotatable bonds is 5. The lowest BCUT2D eigenvalue weighted by Gasteiger charge is -2.31. The predicted molar refractivity (Wildman–Crippen MR) is 89.3 cm³/mol. The Morgan fingerprint density at radius 2 is 1.96 bits per heavy atom. The van der Waals surface area contributed by atoms with E-state index < -0.39 is 10.0 Å². The van der Waals surface area contributed by atoms with Gasteiger partial charge in [0.1, 0.15) is 0 Å². The topological polar surface area (TPSA) is 83.7 Å². The number of hydrogen-bond donors (Lipinski definition) is 1. The second-order valence-electron chi connectivity index (χ2n) is 6.15. The molecular weight excluding hydrogens is 314 g/mol. The maximum Gasteiger partial charge on any atom is 0.238 e. The largest absolute Gasteiger partial charge is 0.342 e. The van der Waals surface area contributed by atoms with Gasteiger partial charge in [0.2, 0.25) is 15.9 Å². The Bertz CT molecular complexity index is 654. The molecule has 1 aromatic rings. The van der Waals surface area contributed by atoms with Gasteiger partial charge in [-0.1, -0.05) is 12.1 Å². The fraction of sp³-hybridized carbons (Fsp3) is 0.562. The van der Waals surface area contributed by atoms with E-state index in [2.05, 4.69) is 0 Å². The minimum Gasteiger partial charge on any atom is -0.342 e. The van der Waals surface area contributed by atoms with Crippen LogP contribution in [0.4, 0.5) is 0 Å². The maximum absolute atomic E-state index is 12.3. The fourth-order valence-corrected chi connectivity index (χ4v) is 3.37. The molecule has 1 aliphatic rings. The smallest absolute Gasteiger partial charge is 0.238 e. The van der Waals surface area contributed by atoms with E-state index in [-0.39, 0.29) is 16.8 Å². The van der Waals surface area contributed by atoms with Gasteiger partial charge < -0.3 is 4.90 Å². The Morgan fingerprint density at radius 1 is 1.30 bits per heavy atom. The highest BCUT2D eigenvalue weighted by Gasteiger charge is 2.21. The van der Waals surface area contributed by atoms with Crippen molar-refractivity contribution in [2.24, 2.45) is 5.14 Å². The Kier molecular flexibility index (Phi) is 5.78. The van der Waals surface area contributed by atoms with Crippen molar-refractivity contribution in [1.82, 2.24) is 9.80 Å². The standard InChI is InChI=1S/C16H25N3O3S/c1-13(14-7-6-8-15(11-14)23(17,21)22)18(2)12-16(20)19-9-4-3-5-10-19/h6-8,11,13H,3-5,9-10,12H2,1-2H3,(H2,17,21,22)/t13-/m0/s1. The second-order valence-corrected chi connectivity index (χ2v) is 7.71. The fourth-order valence-electron chi connectivity index (χ4n) is 2.80. The number of carbonyl (C=O) groups excluding carboxylic acids is 1. The zero-order valence-electron chi connectivity index (χ0n) is 13.7.